The highest BCUT2D eigenvalue weighted by molar-refractivity contribution is 6.17. The second-order valence-electron chi connectivity index (χ2n) is 9.53. The molecule has 206 valence electrons. The minimum Gasteiger partial charge on any atom is -0.508 e. The Kier molecular flexibility index (Phi) is 19.5. The number of rotatable bonds is 23. The number of ether oxygens (including phenoxy) is 2. The molecule has 1 N–H and O–H groups in total. The summed E-state index contributed by atoms with van der Waals surface area (Å²) in [6.07, 6.45) is 22.9. The average molecular weight is 513 g/mol. The van der Waals surface area contributed by atoms with Gasteiger partial charge in [-0.1, -0.05) is 88.5 Å². The van der Waals surface area contributed by atoms with E-state index in [0.29, 0.717) is 5.56 Å². The highest BCUT2D eigenvalue weighted by Crippen LogP contribution is 2.16. The van der Waals surface area contributed by atoms with Crippen molar-refractivity contribution in [1.29, 1.82) is 0 Å². The van der Waals surface area contributed by atoms with E-state index in [1.807, 2.05) is 12.2 Å². The number of phenolic OH excluding ortho intramolecular Hbond substituents is 1. The predicted molar refractivity (Wildman–Crippen MR) is 152 cm³/mol. The molecular formula is C32H48O5. The lowest BCUT2D eigenvalue weighted by atomic mass is 10.1. The van der Waals surface area contributed by atoms with E-state index in [-0.39, 0.29) is 24.5 Å². The molecule has 1 aromatic rings. The fourth-order valence-corrected chi connectivity index (χ4v) is 3.97. The van der Waals surface area contributed by atoms with Crippen LogP contribution in [0.1, 0.15) is 108 Å². The number of hydrogen-bond acceptors (Lipinski definition) is 5. The smallest absolute Gasteiger partial charge is 0.345 e. The van der Waals surface area contributed by atoms with Crippen molar-refractivity contribution in [3.63, 3.8) is 0 Å². The fraction of sp³-hybridized carbons (Fsp3) is 0.562. The zero-order valence-corrected chi connectivity index (χ0v) is 22.8. The summed E-state index contributed by atoms with van der Waals surface area (Å²) in [6, 6.07) is 6.30. The molecule has 5 nitrogen and oxygen atoms in total. The third-order valence-electron chi connectivity index (χ3n) is 6.22. The molecule has 0 spiro atoms. The summed E-state index contributed by atoms with van der Waals surface area (Å²) in [7, 11) is 0. The van der Waals surface area contributed by atoms with Crippen LogP contribution in [0.15, 0.2) is 55.1 Å². The molecule has 0 aliphatic rings. The number of allylic oxidation sites excluding steroid dienone is 2. The van der Waals surface area contributed by atoms with Gasteiger partial charge in [-0.05, 0) is 62.3 Å². The number of carbonyl (C=O) groups excluding carboxylic acids is 2. The Morgan fingerprint density at radius 1 is 0.622 bits per heavy atom. The van der Waals surface area contributed by atoms with Crippen molar-refractivity contribution in [2.45, 2.75) is 103 Å². The minimum absolute atomic E-state index is 0.116. The molecule has 0 fully saturated rings. The van der Waals surface area contributed by atoms with E-state index in [4.69, 9.17) is 9.47 Å². The predicted octanol–water partition coefficient (Wildman–Crippen LogP) is 8.48. The van der Waals surface area contributed by atoms with Crippen molar-refractivity contribution in [1.82, 2.24) is 0 Å². The van der Waals surface area contributed by atoms with Crippen LogP contribution < -0.4 is 0 Å². The van der Waals surface area contributed by atoms with Gasteiger partial charge >= 0.3 is 11.9 Å². The molecule has 37 heavy (non-hydrogen) atoms. The molecule has 0 atom stereocenters. The molecule has 0 aromatic heterocycles. The molecule has 0 bridgehead atoms. The van der Waals surface area contributed by atoms with Gasteiger partial charge in [0.2, 0.25) is 0 Å². The van der Waals surface area contributed by atoms with Crippen LogP contribution in [0.2, 0.25) is 0 Å². The first-order valence-corrected chi connectivity index (χ1v) is 14.1. The number of benzene rings is 1. The van der Waals surface area contributed by atoms with Crippen molar-refractivity contribution in [2.75, 3.05) is 13.2 Å². The minimum atomic E-state index is -0.665. The second-order valence-corrected chi connectivity index (χ2v) is 9.53. The molecule has 0 radical (unpaired) electrons. The SMILES string of the molecule is C=CCCCCCCCCCOC(=O)C(=Cc1ccc(O)cc1)C(=O)OCCCCCCCCCC=C. The second kappa shape index (κ2) is 22.4. The van der Waals surface area contributed by atoms with Gasteiger partial charge in [-0.15, -0.1) is 13.2 Å². The summed E-state index contributed by atoms with van der Waals surface area (Å²) in [5.74, 6) is -1.21. The van der Waals surface area contributed by atoms with Gasteiger partial charge < -0.3 is 14.6 Å². The first-order chi connectivity index (χ1) is 18.1. The summed E-state index contributed by atoms with van der Waals surface area (Å²) >= 11 is 0. The van der Waals surface area contributed by atoms with Crippen molar-refractivity contribution in [3.05, 3.63) is 60.7 Å². The standard InChI is InChI=1S/C32H48O5/c1-3-5-7-9-11-13-15-17-19-25-36-31(34)30(27-28-21-23-29(33)24-22-28)32(35)37-26-20-18-16-14-12-10-8-6-4-2/h3-4,21-24,27,33H,1-2,5-20,25-26H2. The normalized spacial score (nSPS) is 10.5. The van der Waals surface area contributed by atoms with Crippen LogP contribution in [0.3, 0.4) is 0 Å². The Hall–Kier alpha value is -2.82. The van der Waals surface area contributed by atoms with E-state index >= 15 is 0 Å². The van der Waals surface area contributed by atoms with Crippen molar-refractivity contribution >= 4 is 18.0 Å². The Morgan fingerprint density at radius 2 is 1.00 bits per heavy atom. The Balaban J connectivity index is 2.41. The van der Waals surface area contributed by atoms with Crippen LogP contribution in [-0.2, 0) is 19.1 Å². The average Bonchev–Trinajstić information content (AvgIpc) is 2.90. The number of unbranched alkanes of at least 4 members (excludes halogenated alkanes) is 14. The molecule has 0 aliphatic carbocycles. The molecule has 5 heteroatoms. The summed E-state index contributed by atoms with van der Waals surface area (Å²) in [5, 5.41) is 9.51. The lowest BCUT2D eigenvalue weighted by Crippen LogP contribution is -2.19. The van der Waals surface area contributed by atoms with E-state index in [1.165, 1.54) is 69.6 Å². The quantitative estimate of drug-likeness (QED) is 0.0397. The molecule has 0 unspecified atom stereocenters. The van der Waals surface area contributed by atoms with Gasteiger partial charge in [-0.3, -0.25) is 0 Å². The van der Waals surface area contributed by atoms with Crippen molar-refractivity contribution in [3.8, 4) is 5.75 Å². The molecule has 1 aromatic carbocycles. The van der Waals surface area contributed by atoms with E-state index in [0.717, 1.165) is 51.4 Å². The van der Waals surface area contributed by atoms with E-state index in [2.05, 4.69) is 13.2 Å². The lowest BCUT2D eigenvalue weighted by molar-refractivity contribution is -0.147. The summed E-state index contributed by atoms with van der Waals surface area (Å²) < 4.78 is 10.8. The zero-order chi connectivity index (χ0) is 27.0. The molecule has 0 amide bonds. The zero-order valence-electron chi connectivity index (χ0n) is 22.8. The van der Waals surface area contributed by atoms with Gasteiger partial charge in [-0.25, -0.2) is 9.59 Å². The third-order valence-corrected chi connectivity index (χ3v) is 6.22. The largest absolute Gasteiger partial charge is 0.508 e. The van der Waals surface area contributed by atoms with E-state index in [1.54, 1.807) is 12.1 Å². The van der Waals surface area contributed by atoms with Crippen LogP contribution in [0.4, 0.5) is 0 Å². The van der Waals surface area contributed by atoms with E-state index in [9.17, 15) is 14.7 Å². The van der Waals surface area contributed by atoms with Crippen LogP contribution in [0.25, 0.3) is 6.08 Å². The van der Waals surface area contributed by atoms with Crippen molar-refractivity contribution < 1.29 is 24.2 Å². The first kappa shape index (κ1) is 32.2. The summed E-state index contributed by atoms with van der Waals surface area (Å²) in [6.45, 7) is 8.05. The number of hydrogen-bond donors (Lipinski definition) is 1. The maximum absolute atomic E-state index is 12.7. The topological polar surface area (TPSA) is 72.8 Å². The Morgan fingerprint density at radius 3 is 1.41 bits per heavy atom. The number of phenols is 1. The molecule has 0 aliphatic heterocycles. The Labute approximate surface area is 224 Å². The highest BCUT2D eigenvalue weighted by Gasteiger charge is 2.21. The maximum atomic E-state index is 12.7. The lowest BCUT2D eigenvalue weighted by Gasteiger charge is -2.10. The number of aromatic hydroxyl groups is 1. The number of carbonyl (C=O) groups is 2. The molecule has 0 saturated heterocycles. The van der Waals surface area contributed by atoms with Gasteiger partial charge in [0.1, 0.15) is 11.3 Å². The third kappa shape index (κ3) is 17.3. The van der Waals surface area contributed by atoms with Crippen LogP contribution in [0.5, 0.6) is 5.75 Å². The molecule has 1 rings (SSSR count). The fourth-order valence-electron chi connectivity index (χ4n) is 3.97. The number of esters is 2. The Bertz CT molecular complexity index is 752. The van der Waals surface area contributed by atoms with E-state index < -0.39 is 11.9 Å². The van der Waals surface area contributed by atoms with Gasteiger partial charge in [-0.2, -0.15) is 0 Å². The van der Waals surface area contributed by atoms with Gasteiger partial charge in [0.15, 0.2) is 0 Å². The maximum Gasteiger partial charge on any atom is 0.345 e. The molecular weight excluding hydrogens is 464 g/mol. The van der Waals surface area contributed by atoms with Crippen molar-refractivity contribution in [2.24, 2.45) is 0 Å². The van der Waals surface area contributed by atoms with Crippen LogP contribution in [0, 0.1) is 0 Å². The van der Waals surface area contributed by atoms with Crippen LogP contribution >= 0.6 is 0 Å². The van der Waals surface area contributed by atoms with Gasteiger partial charge in [0, 0.05) is 0 Å². The molecule has 0 saturated carbocycles. The summed E-state index contributed by atoms with van der Waals surface area (Å²) in [5.41, 5.74) is 0.504. The first-order valence-electron chi connectivity index (χ1n) is 14.1. The monoisotopic (exact) mass is 512 g/mol. The van der Waals surface area contributed by atoms with Gasteiger partial charge in [0.25, 0.3) is 0 Å². The molecule has 0 heterocycles. The highest BCUT2D eigenvalue weighted by atomic mass is 16.6. The van der Waals surface area contributed by atoms with Crippen LogP contribution in [-0.4, -0.2) is 30.3 Å². The summed E-state index contributed by atoms with van der Waals surface area (Å²) in [4.78, 5) is 25.4. The van der Waals surface area contributed by atoms with Gasteiger partial charge in [0.05, 0.1) is 13.2 Å².